The SMILES string of the molecule is COC(=O)N1CCCCCC[C@@H]1C1C=C(C)OC1=O. The Hall–Kier alpha value is -1.52. The van der Waals surface area contributed by atoms with Crippen LogP contribution >= 0.6 is 0 Å². The van der Waals surface area contributed by atoms with Gasteiger partial charge in [-0.2, -0.15) is 0 Å². The van der Waals surface area contributed by atoms with Crippen LogP contribution in [0.25, 0.3) is 0 Å². The highest BCUT2D eigenvalue weighted by molar-refractivity contribution is 5.80. The lowest BCUT2D eigenvalue weighted by Gasteiger charge is -2.34. The lowest BCUT2D eigenvalue weighted by molar-refractivity contribution is -0.141. The molecule has 2 aliphatic heterocycles. The first-order valence-corrected chi connectivity index (χ1v) is 6.88. The fraction of sp³-hybridized carbons (Fsp3) is 0.714. The second kappa shape index (κ2) is 6.08. The molecule has 0 aromatic rings. The van der Waals surface area contributed by atoms with E-state index in [1.807, 2.05) is 6.08 Å². The summed E-state index contributed by atoms with van der Waals surface area (Å²) in [6.07, 6.45) is 6.53. The van der Waals surface area contributed by atoms with E-state index in [0.717, 1.165) is 32.1 Å². The normalized spacial score (nSPS) is 28.2. The molecule has 106 valence electrons. The van der Waals surface area contributed by atoms with Gasteiger partial charge in [-0.25, -0.2) is 4.79 Å². The minimum atomic E-state index is -0.350. The van der Waals surface area contributed by atoms with Gasteiger partial charge in [-0.3, -0.25) is 4.79 Å². The number of rotatable bonds is 1. The Morgan fingerprint density at radius 1 is 1.37 bits per heavy atom. The van der Waals surface area contributed by atoms with E-state index >= 15 is 0 Å². The summed E-state index contributed by atoms with van der Waals surface area (Å²) in [6, 6.07) is -0.141. The molecule has 2 aliphatic rings. The van der Waals surface area contributed by atoms with Crippen LogP contribution in [0.1, 0.15) is 39.0 Å². The van der Waals surface area contributed by atoms with Crippen LogP contribution in [0.15, 0.2) is 11.8 Å². The summed E-state index contributed by atoms with van der Waals surface area (Å²) in [7, 11) is 1.38. The van der Waals surface area contributed by atoms with Crippen LogP contribution in [0.2, 0.25) is 0 Å². The van der Waals surface area contributed by atoms with Crippen LogP contribution in [0, 0.1) is 5.92 Å². The summed E-state index contributed by atoms with van der Waals surface area (Å²) < 4.78 is 9.96. The van der Waals surface area contributed by atoms with E-state index in [9.17, 15) is 9.59 Å². The Balaban J connectivity index is 2.20. The number of carbonyl (C=O) groups excluding carboxylic acids is 2. The Morgan fingerprint density at radius 2 is 2.11 bits per heavy atom. The van der Waals surface area contributed by atoms with Crippen LogP contribution in [0.5, 0.6) is 0 Å². The standard InChI is InChI=1S/C14H21NO4/c1-10-9-11(13(16)19-10)12-7-5-3-4-6-8-15(12)14(17)18-2/h9,11-12H,3-8H2,1-2H3/t11?,12-/m1/s1. The van der Waals surface area contributed by atoms with E-state index < -0.39 is 0 Å². The summed E-state index contributed by atoms with van der Waals surface area (Å²) in [5, 5.41) is 0. The van der Waals surface area contributed by atoms with Gasteiger partial charge in [-0.1, -0.05) is 19.3 Å². The maximum atomic E-state index is 11.9. The second-order valence-corrected chi connectivity index (χ2v) is 5.16. The van der Waals surface area contributed by atoms with Gasteiger partial charge in [0.15, 0.2) is 0 Å². The molecule has 1 amide bonds. The van der Waals surface area contributed by atoms with Crippen LogP contribution < -0.4 is 0 Å². The average Bonchev–Trinajstić information content (AvgIpc) is 2.67. The third kappa shape index (κ3) is 3.08. The van der Waals surface area contributed by atoms with Crippen molar-refractivity contribution in [3.05, 3.63) is 11.8 Å². The molecule has 0 radical (unpaired) electrons. The second-order valence-electron chi connectivity index (χ2n) is 5.16. The van der Waals surface area contributed by atoms with Crippen LogP contribution in [0.3, 0.4) is 0 Å². The molecule has 2 heterocycles. The van der Waals surface area contributed by atoms with Crippen molar-refractivity contribution in [3.8, 4) is 0 Å². The monoisotopic (exact) mass is 267 g/mol. The Morgan fingerprint density at radius 3 is 2.74 bits per heavy atom. The van der Waals surface area contributed by atoms with Crippen LogP contribution in [-0.4, -0.2) is 36.7 Å². The van der Waals surface area contributed by atoms with Crippen molar-refractivity contribution in [2.45, 2.75) is 45.1 Å². The Labute approximate surface area is 113 Å². The van der Waals surface area contributed by atoms with Gasteiger partial charge in [0.1, 0.15) is 5.76 Å². The van der Waals surface area contributed by atoms with E-state index in [1.54, 1.807) is 11.8 Å². The molecule has 0 saturated carbocycles. The molecule has 0 aromatic heterocycles. The number of hydrogen-bond donors (Lipinski definition) is 0. The first kappa shape index (κ1) is 13.9. The molecule has 5 nitrogen and oxygen atoms in total. The van der Waals surface area contributed by atoms with Crippen molar-refractivity contribution < 1.29 is 19.1 Å². The maximum absolute atomic E-state index is 11.9. The summed E-state index contributed by atoms with van der Waals surface area (Å²) >= 11 is 0. The van der Waals surface area contributed by atoms with Gasteiger partial charge >= 0.3 is 12.1 Å². The van der Waals surface area contributed by atoms with Crippen molar-refractivity contribution in [1.29, 1.82) is 0 Å². The molecule has 0 spiro atoms. The van der Waals surface area contributed by atoms with Crippen molar-refractivity contribution in [3.63, 3.8) is 0 Å². The number of ether oxygens (including phenoxy) is 2. The number of likely N-dealkylation sites (tertiary alicyclic amines) is 1. The summed E-state index contributed by atoms with van der Waals surface area (Å²) in [4.78, 5) is 25.5. The average molecular weight is 267 g/mol. The zero-order valence-corrected chi connectivity index (χ0v) is 11.6. The summed E-state index contributed by atoms with van der Waals surface area (Å²) in [5.41, 5.74) is 0. The lowest BCUT2D eigenvalue weighted by Crippen LogP contribution is -2.46. The molecule has 19 heavy (non-hydrogen) atoms. The minimum Gasteiger partial charge on any atom is -0.453 e. The van der Waals surface area contributed by atoms with Gasteiger partial charge < -0.3 is 14.4 Å². The molecule has 1 fully saturated rings. The maximum Gasteiger partial charge on any atom is 0.409 e. The number of amides is 1. The summed E-state index contributed by atoms with van der Waals surface area (Å²) in [5.74, 6) is 0.0241. The van der Waals surface area contributed by atoms with Crippen LogP contribution in [-0.2, 0) is 14.3 Å². The fourth-order valence-corrected chi connectivity index (χ4v) is 2.88. The van der Waals surface area contributed by atoms with Crippen molar-refractivity contribution >= 4 is 12.1 Å². The molecule has 0 aliphatic carbocycles. The molecular formula is C14H21NO4. The predicted molar refractivity (Wildman–Crippen MR) is 69.3 cm³/mol. The first-order valence-electron chi connectivity index (χ1n) is 6.88. The number of esters is 1. The smallest absolute Gasteiger partial charge is 0.409 e. The Bertz CT molecular complexity index is 391. The molecule has 0 N–H and O–H groups in total. The molecule has 0 bridgehead atoms. The molecular weight excluding hydrogens is 246 g/mol. The highest BCUT2D eigenvalue weighted by Gasteiger charge is 2.38. The topological polar surface area (TPSA) is 55.8 Å². The van der Waals surface area contributed by atoms with Crippen molar-refractivity contribution in [2.75, 3.05) is 13.7 Å². The van der Waals surface area contributed by atoms with Gasteiger partial charge in [-0.05, 0) is 25.8 Å². The van der Waals surface area contributed by atoms with E-state index in [-0.39, 0.29) is 24.0 Å². The quantitative estimate of drug-likeness (QED) is 0.685. The van der Waals surface area contributed by atoms with Gasteiger partial charge in [0.2, 0.25) is 0 Å². The lowest BCUT2D eigenvalue weighted by atomic mass is 9.91. The van der Waals surface area contributed by atoms with E-state index in [0.29, 0.717) is 12.3 Å². The number of carbonyl (C=O) groups is 2. The van der Waals surface area contributed by atoms with Gasteiger partial charge in [0.25, 0.3) is 0 Å². The molecule has 5 heteroatoms. The molecule has 1 saturated heterocycles. The van der Waals surface area contributed by atoms with Gasteiger partial charge in [0, 0.05) is 6.54 Å². The number of allylic oxidation sites excluding steroid dienone is 1. The van der Waals surface area contributed by atoms with Crippen LogP contribution in [0.4, 0.5) is 4.79 Å². The molecule has 0 aromatic carbocycles. The first-order chi connectivity index (χ1) is 9.13. The van der Waals surface area contributed by atoms with Gasteiger partial charge in [-0.15, -0.1) is 0 Å². The van der Waals surface area contributed by atoms with Crippen molar-refractivity contribution in [2.24, 2.45) is 5.92 Å². The number of cyclic esters (lactones) is 1. The van der Waals surface area contributed by atoms with E-state index in [2.05, 4.69) is 0 Å². The largest absolute Gasteiger partial charge is 0.453 e. The fourth-order valence-electron chi connectivity index (χ4n) is 2.88. The molecule has 2 atom stereocenters. The Kier molecular flexibility index (Phi) is 4.45. The number of nitrogens with zero attached hydrogens (tertiary/aromatic N) is 1. The van der Waals surface area contributed by atoms with Gasteiger partial charge in [0.05, 0.1) is 19.1 Å². The third-order valence-corrected chi connectivity index (χ3v) is 3.82. The highest BCUT2D eigenvalue weighted by atomic mass is 16.5. The zero-order chi connectivity index (χ0) is 13.8. The van der Waals surface area contributed by atoms with E-state index in [1.165, 1.54) is 7.11 Å². The number of hydrogen-bond acceptors (Lipinski definition) is 4. The van der Waals surface area contributed by atoms with E-state index in [4.69, 9.17) is 9.47 Å². The predicted octanol–water partition coefficient (Wildman–Crippen LogP) is 2.46. The minimum absolute atomic E-state index is 0.141. The summed E-state index contributed by atoms with van der Waals surface area (Å²) in [6.45, 7) is 2.41. The molecule has 1 unspecified atom stereocenters. The molecule has 2 rings (SSSR count). The third-order valence-electron chi connectivity index (χ3n) is 3.82. The number of methoxy groups -OCH3 is 1. The van der Waals surface area contributed by atoms with Crippen molar-refractivity contribution in [1.82, 2.24) is 4.90 Å². The zero-order valence-electron chi connectivity index (χ0n) is 11.6. The highest BCUT2D eigenvalue weighted by Crippen LogP contribution is 2.29.